The van der Waals surface area contributed by atoms with Crippen LogP contribution in [0.1, 0.15) is 34.0 Å². The Labute approximate surface area is 206 Å². The normalized spacial score (nSPS) is 16.8. The molecular weight excluding hydrogens is 492 g/mol. The summed E-state index contributed by atoms with van der Waals surface area (Å²) in [5.74, 6) is 0.223. The van der Waals surface area contributed by atoms with Crippen molar-refractivity contribution in [1.82, 2.24) is 4.90 Å². The average Bonchev–Trinajstić information content (AvgIpc) is 3.20. The Morgan fingerprint density at radius 3 is 2.28 bits per heavy atom. The van der Waals surface area contributed by atoms with Crippen molar-refractivity contribution in [3.05, 3.63) is 97.4 Å². The van der Waals surface area contributed by atoms with Crippen LogP contribution in [0.15, 0.2) is 60.7 Å². The zero-order valence-electron chi connectivity index (χ0n) is 16.8. The van der Waals surface area contributed by atoms with Gasteiger partial charge in [-0.3, -0.25) is 4.79 Å². The summed E-state index contributed by atoms with van der Waals surface area (Å²) in [6.45, 7) is 0.839. The molecule has 8 heteroatoms. The predicted octanol–water partition coefficient (Wildman–Crippen LogP) is 6.68. The molecule has 1 fully saturated rings. The van der Waals surface area contributed by atoms with Crippen molar-refractivity contribution in [2.75, 3.05) is 13.1 Å². The topological polar surface area (TPSA) is 49.8 Å². The Morgan fingerprint density at radius 1 is 0.938 bits per heavy atom. The Kier molecular flexibility index (Phi) is 7.18. The Bertz CT molecular complexity index is 1140. The number of hydrogen-bond acceptors (Lipinski definition) is 3. The lowest BCUT2D eigenvalue weighted by molar-refractivity contribution is 0.0765. The fraction of sp³-hybridized carbons (Fsp3) is 0.208. The number of carbonyl (C=O) groups excluding carboxylic acids is 1. The quantitative estimate of drug-likeness (QED) is 0.416. The van der Waals surface area contributed by atoms with E-state index in [1.165, 1.54) is 0 Å². The van der Waals surface area contributed by atoms with Crippen LogP contribution >= 0.6 is 46.4 Å². The van der Waals surface area contributed by atoms with Crippen LogP contribution in [0.3, 0.4) is 0 Å². The molecule has 4 nitrogen and oxygen atoms in total. The summed E-state index contributed by atoms with van der Waals surface area (Å²) in [5.41, 5.74) is 1.96. The third-order valence-electron chi connectivity index (χ3n) is 5.29. The van der Waals surface area contributed by atoms with E-state index in [1.807, 2.05) is 12.1 Å². The van der Waals surface area contributed by atoms with E-state index in [9.17, 15) is 9.90 Å². The maximum atomic E-state index is 12.7. The number of halogens is 4. The number of benzene rings is 3. The highest BCUT2D eigenvalue weighted by molar-refractivity contribution is 6.35. The van der Waals surface area contributed by atoms with Crippen LogP contribution in [-0.4, -0.2) is 35.1 Å². The number of rotatable bonds is 5. The number of carbonyl (C=O) groups is 1. The van der Waals surface area contributed by atoms with Gasteiger partial charge in [-0.1, -0.05) is 64.6 Å². The first-order chi connectivity index (χ1) is 15.3. The summed E-state index contributed by atoms with van der Waals surface area (Å²) in [7, 11) is 0. The second kappa shape index (κ2) is 9.90. The van der Waals surface area contributed by atoms with Gasteiger partial charge in [0.1, 0.15) is 5.75 Å². The fourth-order valence-electron chi connectivity index (χ4n) is 3.63. The third-order valence-corrected chi connectivity index (χ3v) is 6.40. The number of ether oxygens (including phenoxy) is 1. The van der Waals surface area contributed by atoms with E-state index in [4.69, 9.17) is 51.1 Å². The van der Waals surface area contributed by atoms with Gasteiger partial charge in [0.15, 0.2) is 6.10 Å². The maximum Gasteiger partial charge on any atom is 0.253 e. The summed E-state index contributed by atoms with van der Waals surface area (Å²) in [5, 5.41) is 11.6. The molecule has 0 aliphatic carbocycles. The number of aliphatic hydroxyl groups is 1. The van der Waals surface area contributed by atoms with Gasteiger partial charge in [-0.15, -0.1) is 0 Å². The van der Waals surface area contributed by atoms with Gasteiger partial charge < -0.3 is 14.7 Å². The number of hydrogen-bond donors (Lipinski definition) is 1. The minimum atomic E-state index is -0.579. The molecule has 0 spiro atoms. The predicted molar refractivity (Wildman–Crippen MR) is 128 cm³/mol. The minimum Gasteiger partial charge on any atom is -0.479 e. The lowest BCUT2D eigenvalue weighted by atomic mass is 10.0. The highest BCUT2D eigenvalue weighted by Crippen LogP contribution is 2.37. The molecule has 0 radical (unpaired) electrons. The first-order valence-corrected chi connectivity index (χ1v) is 11.5. The lowest BCUT2D eigenvalue weighted by Gasteiger charge is -2.23. The van der Waals surface area contributed by atoms with Crippen molar-refractivity contribution in [3.63, 3.8) is 0 Å². The van der Waals surface area contributed by atoms with E-state index < -0.39 is 12.2 Å². The van der Waals surface area contributed by atoms with Crippen LogP contribution in [-0.2, 0) is 0 Å². The van der Waals surface area contributed by atoms with Gasteiger partial charge >= 0.3 is 0 Å². The van der Waals surface area contributed by atoms with Crippen LogP contribution in [0.5, 0.6) is 5.75 Å². The number of amides is 1. The van der Waals surface area contributed by atoms with Crippen LogP contribution < -0.4 is 4.74 Å². The van der Waals surface area contributed by atoms with Crippen molar-refractivity contribution < 1.29 is 14.6 Å². The Morgan fingerprint density at radius 2 is 1.66 bits per heavy atom. The molecule has 1 saturated heterocycles. The van der Waals surface area contributed by atoms with Crippen LogP contribution in [0, 0.1) is 0 Å². The summed E-state index contributed by atoms with van der Waals surface area (Å²) in [6.07, 6.45) is -0.489. The van der Waals surface area contributed by atoms with Crippen molar-refractivity contribution in [3.8, 4) is 5.75 Å². The van der Waals surface area contributed by atoms with Crippen LogP contribution in [0.4, 0.5) is 0 Å². The van der Waals surface area contributed by atoms with Gasteiger partial charge in [0, 0.05) is 39.3 Å². The average molecular weight is 511 g/mol. The fourth-order valence-corrected chi connectivity index (χ4v) is 4.49. The van der Waals surface area contributed by atoms with Crippen LogP contribution in [0.2, 0.25) is 20.1 Å². The second-order valence-electron chi connectivity index (χ2n) is 7.55. The first-order valence-electron chi connectivity index (χ1n) is 9.96. The van der Waals surface area contributed by atoms with Crippen molar-refractivity contribution in [2.45, 2.75) is 18.6 Å². The first kappa shape index (κ1) is 23.2. The molecule has 2 atom stereocenters. The SMILES string of the molecule is O=C(c1ccc(OC(c2ccc(Cl)cc2)c2ccc(Cl)cc2Cl)c(Cl)c1)N1CCC(O)C1. The van der Waals surface area contributed by atoms with Gasteiger partial charge in [0.2, 0.25) is 0 Å². The molecule has 1 heterocycles. The molecule has 3 aromatic rings. The van der Waals surface area contributed by atoms with E-state index in [1.54, 1.807) is 53.4 Å². The minimum absolute atomic E-state index is 0.176. The van der Waals surface area contributed by atoms with Gasteiger partial charge in [-0.2, -0.15) is 0 Å². The Balaban J connectivity index is 1.64. The highest BCUT2D eigenvalue weighted by Gasteiger charge is 2.26. The third kappa shape index (κ3) is 5.16. The molecule has 4 rings (SSSR count). The number of aliphatic hydroxyl groups excluding tert-OH is 1. The zero-order valence-corrected chi connectivity index (χ0v) is 19.8. The zero-order chi connectivity index (χ0) is 22.8. The highest BCUT2D eigenvalue weighted by atomic mass is 35.5. The van der Waals surface area contributed by atoms with E-state index in [0.717, 1.165) is 5.56 Å². The standard InChI is InChI=1S/C24H19Cl4NO3/c25-16-4-1-14(2-5-16)23(19-7-6-17(26)12-20(19)27)32-22-8-3-15(11-21(22)28)24(31)29-10-9-18(30)13-29/h1-8,11-12,18,23,30H,9-10,13H2. The van der Waals surface area contributed by atoms with Crippen molar-refractivity contribution >= 4 is 52.3 Å². The van der Waals surface area contributed by atoms with Crippen LogP contribution in [0.25, 0.3) is 0 Å². The maximum absolute atomic E-state index is 12.7. The van der Waals surface area contributed by atoms with Gasteiger partial charge in [0.25, 0.3) is 5.91 Å². The number of β-amino-alcohol motifs (C(OH)–C–C–N with tert-alkyl or cyclic N) is 1. The summed E-state index contributed by atoms with van der Waals surface area (Å²) >= 11 is 25.1. The summed E-state index contributed by atoms with van der Waals surface area (Å²) in [6, 6.07) is 17.3. The molecule has 3 aromatic carbocycles. The van der Waals surface area contributed by atoms with Crippen molar-refractivity contribution in [1.29, 1.82) is 0 Å². The second-order valence-corrected chi connectivity index (χ2v) is 9.24. The molecule has 1 aliphatic heterocycles. The molecule has 1 N–H and O–H groups in total. The molecule has 166 valence electrons. The lowest BCUT2D eigenvalue weighted by Crippen LogP contribution is -2.29. The summed E-state index contributed by atoms with van der Waals surface area (Å²) in [4.78, 5) is 14.3. The molecule has 2 unspecified atom stereocenters. The molecule has 1 amide bonds. The van der Waals surface area contributed by atoms with E-state index >= 15 is 0 Å². The number of likely N-dealkylation sites (tertiary alicyclic amines) is 1. The van der Waals surface area contributed by atoms with E-state index in [2.05, 4.69) is 0 Å². The van der Waals surface area contributed by atoms with E-state index in [-0.39, 0.29) is 5.91 Å². The van der Waals surface area contributed by atoms with Gasteiger partial charge in [-0.25, -0.2) is 0 Å². The smallest absolute Gasteiger partial charge is 0.253 e. The molecule has 0 bridgehead atoms. The molecular formula is C24H19Cl4NO3. The van der Waals surface area contributed by atoms with Crippen molar-refractivity contribution in [2.24, 2.45) is 0 Å². The molecule has 0 saturated carbocycles. The van der Waals surface area contributed by atoms with E-state index in [0.29, 0.717) is 56.5 Å². The molecule has 1 aliphatic rings. The van der Waals surface area contributed by atoms with Gasteiger partial charge in [0.05, 0.1) is 11.1 Å². The largest absolute Gasteiger partial charge is 0.479 e. The molecule has 32 heavy (non-hydrogen) atoms. The summed E-state index contributed by atoms with van der Waals surface area (Å²) < 4.78 is 6.29. The Hall–Kier alpha value is -1.95. The molecule has 0 aromatic heterocycles. The van der Waals surface area contributed by atoms with Gasteiger partial charge in [-0.05, 0) is 54.4 Å². The monoisotopic (exact) mass is 509 g/mol. The number of nitrogens with zero attached hydrogens (tertiary/aromatic N) is 1.